The molecule has 8 nitrogen and oxygen atoms in total. The third kappa shape index (κ3) is 5.06. The highest BCUT2D eigenvalue weighted by Gasteiger charge is 2.21. The Labute approximate surface area is 192 Å². The lowest BCUT2D eigenvalue weighted by Gasteiger charge is -2.14. The Kier molecular flexibility index (Phi) is 5.91. The van der Waals surface area contributed by atoms with Crippen LogP contribution in [0.4, 0.5) is 10.6 Å². The Morgan fingerprint density at radius 1 is 1.03 bits per heavy atom. The van der Waals surface area contributed by atoms with E-state index in [1.54, 1.807) is 10.9 Å². The van der Waals surface area contributed by atoms with Gasteiger partial charge in [-0.05, 0) is 30.7 Å². The fraction of sp³-hybridized carbons (Fsp3) is 0.240. The highest BCUT2D eigenvalue weighted by molar-refractivity contribution is 5.92. The molecule has 0 aliphatic heterocycles. The summed E-state index contributed by atoms with van der Waals surface area (Å²) in [6.45, 7) is 8.19. The second-order valence-electron chi connectivity index (χ2n) is 9.08. The number of H-pyrrole nitrogens is 1. The quantitative estimate of drug-likeness (QED) is 0.352. The number of aryl methyl sites for hydroxylation is 1. The first-order valence-corrected chi connectivity index (χ1v) is 10.8. The number of aromatic nitrogens is 3. The molecule has 4 rings (SSSR count). The Hall–Kier alpha value is -4.07. The summed E-state index contributed by atoms with van der Waals surface area (Å²) < 4.78 is 1.69. The van der Waals surface area contributed by atoms with Crippen LogP contribution >= 0.6 is 0 Å². The minimum absolute atomic E-state index is 0.139. The van der Waals surface area contributed by atoms with E-state index in [0.29, 0.717) is 5.82 Å². The molecule has 0 atom stereocenters. The lowest BCUT2D eigenvalue weighted by molar-refractivity contribution is -0.121. The summed E-state index contributed by atoms with van der Waals surface area (Å²) in [6.07, 6.45) is 1.94. The van der Waals surface area contributed by atoms with Gasteiger partial charge < -0.3 is 4.98 Å². The molecule has 3 amide bonds. The Morgan fingerprint density at radius 3 is 2.48 bits per heavy atom. The van der Waals surface area contributed by atoms with Gasteiger partial charge in [-0.1, -0.05) is 56.7 Å². The molecule has 0 radical (unpaired) electrons. The number of fused-ring (bicyclic) bond motifs is 1. The van der Waals surface area contributed by atoms with Gasteiger partial charge >= 0.3 is 6.03 Å². The molecule has 0 unspecified atom stereocenters. The summed E-state index contributed by atoms with van der Waals surface area (Å²) in [7, 11) is 0. The molecule has 8 heteroatoms. The van der Waals surface area contributed by atoms with Crippen molar-refractivity contribution in [2.45, 2.75) is 39.5 Å². The zero-order valence-electron chi connectivity index (χ0n) is 19.2. The maximum atomic E-state index is 12.5. The van der Waals surface area contributed by atoms with Crippen molar-refractivity contribution < 1.29 is 9.59 Å². The number of benzene rings is 2. The zero-order chi connectivity index (χ0) is 23.6. The van der Waals surface area contributed by atoms with Gasteiger partial charge in [0.05, 0.1) is 17.8 Å². The third-order valence-corrected chi connectivity index (χ3v) is 5.34. The highest BCUT2D eigenvalue weighted by atomic mass is 16.2. The van der Waals surface area contributed by atoms with Crippen molar-refractivity contribution in [1.82, 2.24) is 25.6 Å². The number of hydrogen-bond donors (Lipinski definition) is 4. The molecule has 0 bridgehead atoms. The molecule has 0 aliphatic rings. The molecule has 33 heavy (non-hydrogen) atoms. The number of nitrogens with one attached hydrogen (secondary N) is 4. The molecule has 0 spiro atoms. The van der Waals surface area contributed by atoms with Crippen LogP contribution in [0.3, 0.4) is 0 Å². The van der Waals surface area contributed by atoms with Gasteiger partial charge in [0, 0.05) is 28.6 Å². The lowest BCUT2D eigenvalue weighted by atomic mass is 9.92. The maximum Gasteiger partial charge on any atom is 0.339 e. The van der Waals surface area contributed by atoms with Gasteiger partial charge in [-0.15, -0.1) is 0 Å². The van der Waals surface area contributed by atoms with E-state index >= 15 is 0 Å². The topological polar surface area (TPSA) is 104 Å². The largest absolute Gasteiger partial charge is 0.361 e. The number of carbonyl (C=O) groups excluding carboxylic acids is 2. The van der Waals surface area contributed by atoms with Crippen LogP contribution in [-0.2, 0) is 16.6 Å². The standard InChI is InChI=1S/C25H28N6O2/c1-16-9-11-18(12-10-16)31-22(14-21(30-31)25(2,3)4)27-24(33)29-28-23(32)13-17-15-26-20-8-6-5-7-19(17)20/h5-12,14-15,26H,13H2,1-4H3,(H,28,32)(H2,27,29,33). The van der Waals surface area contributed by atoms with E-state index < -0.39 is 6.03 Å². The van der Waals surface area contributed by atoms with Crippen LogP contribution in [0.5, 0.6) is 0 Å². The van der Waals surface area contributed by atoms with Crippen molar-refractivity contribution in [3.8, 4) is 5.69 Å². The van der Waals surface area contributed by atoms with E-state index in [2.05, 4.69) is 41.9 Å². The molecule has 2 aromatic heterocycles. The van der Waals surface area contributed by atoms with Gasteiger partial charge in [-0.25, -0.2) is 14.9 Å². The molecule has 2 aromatic carbocycles. The average molecular weight is 445 g/mol. The zero-order valence-corrected chi connectivity index (χ0v) is 19.2. The van der Waals surface area contributed by atoms with Crippen LogP contribution in [-0.4, -0.2) is 26.7 Å². The molecular formula is C25H28N6O2. The number of nitrogens with zero attached hydrogens (tertiary/aromatic N) is 2. The van der Waals surface area contributed by atoms with E-state index in [0.717, 1.165) is 33.4 Å². The van der Waals surface area contributed by atoms with Crippen LogP contribution in [0.25, 0.3) is 16.6 Å². The summed E-state index contributed by atoms with van der Waals surface area (Å²) in [5.74, 6) is 0.185. The second kappa shape index (κ2) is 8.82. The number of amides is 3. The van der Waals surface area contributed by atoms with Crippen LogP contribution in [0.1, 0.15) is 37.6 Å². The van der Waals surface area contributed by atoms with E-state index in [1.807, 2.05) is 61.5 Å². The molecular weight excluding hydrogens is 416 g/mol. The normalized spacial score (nSPS) is 11.4. The number of para-hydroxylation sites is 1. The third-order valence-electron chi connectivity index (χ3n) is 5.34. The smallest absolute Gasteiger partial charge is 0.339 e. The highest BCUT2D eigenvalue weighted by Crippen LogP contribution is 2.26. The molecule has 0 fully saturated rings. The van der Waals surface area contributed by atoms with Crippen molar-refractivity contribution >= 4 is 28.7 Å². The van der Waals surface area contributed by atoms with Crippen molar-refractivity contribution in [3.63, 3.8) is 0 Å². The number of rotatable bonds is 4. The molecule has 170 valence electrons. The number of aromatic amines is 1. The van der Waals surface area contributed by atoms with Gasteiger partial charge in [0.15, 0.2) is 0 Å². The van der Waals surface area contributed by atoms with Crippen LogP contribution in [0.2, 0.25) is 0 Å². The predicted octanol–water partition coefficient (Wildman–Crippen LogP) is 4.35. The predicted molar refractivity (Wildman–Crippen MR) is 129 cm³/mol. The number of carbonyl (C=O) groups is 2. The first kappa shape index (κ1) is 22.1. The minimum Gasteiger partial charge on any atom is -0.361 e. The molecule has 4 N–H and O–H groups in total. The van der Waals surface area contributed by atoms with Gasteiger partial charge in [0.2, 0.25) is 5.91 Å². The van der Waals surface area contributed by atoms with Crippen molar-refractivity contribution in [1.29, 1.82) is 0 Å². The fourth-order valence-electron chi connectivity index (χ4n) is 3.49. The molecule has 4 aromatic rings. The van der Waals surface area contributed by atoms with Crippen LogP contribution < -0.4 is 16.2 Å². The van der Waals surface area contributed by atoms with E-state index in [1.165, 1.54) is 0 Å². The number of urea groups is 1. The van der Waals surface area contributed by atoms with Gasteiger partial charge in [-0.2, -0.15) is 5.10 Å². The van der Waals surface area contributed by atoms with E-state index in [9.17, 15) is 9.59 Å². The summed E-state index contributed by atoms with van der Waals surface area (Å²) in [4.78, 5) is 28.1. The number of hydrazine groups is 1. The van der Waals surface area contributed by atoms with Crippen molar-refractivity contribution in [2.24, 2.45) is 0 Å². The Balaban J connectivity index is 1.43. The average Bonchev–Trinajstić information content (AvgIpc) is 3.38. The summed E-state index contributed by atoms with van der Waals surface area (Å²) in [6, 6.07) is 16.9. The van der Waals surface area contributed by atoms with Gasteiger partial charge in [0.25, 0.3) is 0 Å². The van der Waals surface area contributed by atoms with Crippen molar-refractivity contribution in [2.75, 3.05) is 5.32 Å². The van der Waals surface area contributed by atoms with Crippen molar-refractivity contribution in [3.05, 3.63) is 77.6 Å². The summed E-state index contributed by atoms with van der Waals surface area (Å²) >= 11 is 0. The minimum atomic E-state index is -0.559. The lowest BCUT2D eigenvalue weighted by Crippen LogP contribution is -2.44. The Morgan fingerprint density at radius 2 is 1.76 bits per heavy atom. The van der Waals surface area contributed by atoms with E-state index in [-0.39, 0.29) is 17.7 Å². The first-order chi connectivity index (χ1) is 15.7. The van der Waals surface area contributed by atoms with Gasteiger partial charge in [0.1, 0.15) is 5.82 Å². The molecule has 0 saturated carbocycles. The summed E-state index contributed by atoms with van der Waals surface area (Å²) in [5, 5.41) is 8.46. The number of anilines is 1. The van der Waals surface area contributed by atoms with Crippen LogP contribution in [0, 0.1) is 6.92 Å². The first-order valence-electron chi connectivity index (χ1n) is 10.8. The maximum absolute atomic E-state index is 12.5. The number of hydrogen-bond acceptors (Lipinski definition) is 3. The van der Waals surface area contributed by atoms with Gasteiger partial charge in [-0.3, -0.25) is 15.5 Å². The SMILES string of the molecule is Cc1ccc(-n2nc(C(C)(C)C)cc2NC(=O)NNC(=O)Cc2c[nH]c3ccccc23)cc1. The second-order valence-corrected chi connectivity index (χ2v) is 9.08. The monoisotopic (exact) mass is 444 g/mol. The fourth-order valence-corrected chi connectivity index (χ4v) is 3.49. The molecule has 0 saturated heterocycles. The van der Waals surface area contributed by atoms with E-state index in [4.69, 9.17) is 5.10 Å². The molecule has 0 aliphatic carbocycles. The summed E-state index contributed by atoms with van der Waals surface area (Å²) in [5.41, 5.74) is 9.31. The van der Waals surface area contributed by atoms with Crippen LogP contribution in [0.15, 0.2) is 60.8 Å². The molecule has 2 heterocycles. The Bertz CT molecular complexity index is 1290.